The molecule has 1 fully saturated rings. The molecule has 1 saturated heterocycles. The van der Waals surface area contributed by atoms with Gasteiger partial charge >= 0.3 is 0 Å². The van der Waals surface area contributed by atoms with Gasteiger partial charge in [0, 0.05) is 23.7 Å². The molecule has 1 N–H and O–H groups in total. The Morgan fingerprint density at radius 1 is 0.943 bits per heavy atom. The van der Waals surface area contributed by atoms with Crippen LogP contribution < -0.4 is 0 Å². The Morgan fingerprint density at radius 3 is 2.26 bits per heavy atom. The zero-order chi connectivity index (χ0) is 24.5. The lowest BCUT2D eigenvalue weighted by atomic mass is 9.89. The van der Waals surface area contributed by atoms with Crippen LogP contribution in [0.3, 0.4) is 0 Å². The summed E-state index contributed by atoms with van der Waals surface area (Å²) in [5, 5.41) is 16.7. The highest BCUT2D eigenvalue weighted by atomic mass is 35.5. The molecule has 1 aliphatic rings. The minimum absolute atomic E-state index is 0.0323. The van der Waals surface area contributed by atoms with Crippen LogP contribution >= 0.6 is 23.2 Å². The molecule has 5 nitrogen and oxygen atoms in total. The Labute approximate surface area is 212 Å². The van der Waals surface area contributed by atoms with Gasteiger partial charge in [-0.3, -0.25) is 4.79 Å². The molecule has 0 aliphatic carbocycles. The van der Waals surface area contributed by atoms with Crippen molar-refractivity contribution in [1.82, 2.24) is 14.7 Å². The normalized spacial score (nSPS) is 14.3. The van der Waals surface area contributed by atoms with E-state index in [0.717, 1.165) is 18.4 Å². The van der Waals surface area contributed by atoms with Crippen molar-refractivity contribution in [1.29, 1.82) is 0 Å². The molecule has 0 bridgehead atoms. The molecule has 178 valence electrons. The summed E-state index contributed by atoms with van der Waals surface area (Å²) in [5.74, 6) is -0.569. The maximum atomic E-state index is 13.5. The number of benzene rings is 3. The van der Waals surface area contributed by atoms with Gasteiger partial charge in [-0.15, -0.1) is 0 Å². The molecule has 0 unspecified atom stereocenters. The third-order valence-electron chi connectivity index (χ3n) is 6.38. The monoisotopic (exact) mass is 509 g/mol. The van der Waals surface area contributed by atoms with Crippen LogP contribution in [0.2, 0.25) is 10.0 Å². The summed E-state index contributed by atoms with van der Waals surface area (Å²) in [5.41, 5.74) is 2.58. The van der Waals surface area contributed by atoms with Crippen LogP contribution in [0.1, 0.15) is 34.8 Å². The smallest absolute Gasteiger partial charge is 0.278 e. The van der Waals surface area contributed by atoms with E-state index in [0.29, 0.717) is 40.1 Å². The topological polar surface area (TPSA) is 58.4 Å². The summed E-state index contributed by atoms with van der Waals surface area (Å²) in [6.45, 7) is 1.02. The second-order valence-electron chi connectivity index (χ2n) is 8.53. The van der Waals surface area contributed by atoms with Crippen LogP contribution in [0.25, 0.3) is 16.9 Å². The second kappa shape index (κ2) is 9.72. The maximum Gasteiger partial charge on any atom is 0.278 e. The van der Waals surface area contributed by atoms with E-state index in [1.165, 1.54) is 16.8 Å². The van der Waals surface area contributed by atoms with Crippen LogP contribution in [-0.4, -0.2) is 38.8 Å². The van der Waals surface area contributed by atoms with Gasteiger partial charge in [0.25, 0.3) is 5.91 Å². The van der Waals surface area contributed by atoms with E-state index >= 15 is 0 Å². The quantitative estimate of drug-likeness (QED) is 0.332. The Hall–Kier alpha value is -3.35. The summed E-state index contributed by atoms with van der Waals surface area (Å²) in [6.07, 6.45) is 1.49. The van der Waals surface area contributed by atoms with Crippen LogP contribution in [0, 0.1) is 5.82 Å². The maximum absolute atomic E-state index is 13.5. The molecule has 35 heavy (non-hydrogen) atoms. The fourth-order valence-electron chi connectivity index (χ4n) is 4.52. The molecule has 1 amide bonds. The van der Waals surface area contributed by atoms with Crippen molar-refractivity contribution in [3.05, 3.63) is 99.9 Å². The number of carbonyl (C=O) groups excluding carboxylic acids is 1. The van der Waals surface area contributed by atoms with Gasteiger partial charge in [0.2, 0.25) is 0 Å². The predicted octanol–water partition coefficient (Wildman–Crippen LogP) is 6.71. The predicted molar refractivity (Wildman–Crippen MR) is 135 cm³/mol. The highest BCUT2D eigenvalue weighted by Crippen LogP contribution is 2.38. The standard InChI is InChI=1S/C27H22Cl2FN3O2/c28-20-9-5-19(6-10-20)25-26(34)24(31-33(25)23-4-2-1-3-22(23)29)27(35)32-15-13-18(14-16-32)17-7-11-21(30)12-8-17/h1-12,18,34H,13-16H2. The SMILES string of the molecule is O=C(c1nn(-c2ccccc2Cl)c(-c2ccc(Cl)cc2)c1O)N1CCC(c2ccc(F)cc2)CC1. The number of aromatic nitrogens is 2. The third-order valence-corrected chi connectivity index (χ3v) is 6.96. The first-order valence-electron chi connectivity index (χ1n) is 11.3. The first kappa shape index (κ1) is 23.4. The number of carbonyl (C=O) groups is 1. The van der Waals surface area contributed by atoms with Gasteiger partial charge in [0.1, 0.15) is 11.5 Å². The fraction of sp³-hybridized carbons (Fsp3) is 0.185. The molecular weight excluding hydrogens is 488 g/mol. The first-order valence-corrected chi connectivity index (χ1v) is 12.1. The Morgan fingerprint density at radius 2 is 1.60 bits per heavy atom. The van der Waals surface area contributed by atoms with Gasteiger partial charge in [0.05, 0.1) is 10.7 Å². The molecule has 0 atom stereocenters. The Balaban J connectivity index is 1.46. The molecule has 0 radical (unpaired) electrons. The Kier molecular flexibility index (Phi) is 6.50. The number of nitrogens with zero attached hydrogens (tertiary/aromatic N) is 3. The van der Waals surface area contributed by atoms with Crippen molar-refractivity contribution >= 4 is 29.1 Å². The van der Waals surface area contributed by atoms with E-state index in [1.54, 1.807) is 59.5 Å². The molecule has 1 aliphatic heterocycles. The van der Waals surface area contributed by atoms with E-state index in [4.69, 9.17) is 23.2 Å². The largest absolute Gasteiger partial charge is 0.504 e. The van der Waals surface area contributed by atoms with Crippen LogP contribution in [0.15, 0.2) is 72.8 Å². The van der Waals surface area contributed by atoms with Crippen molar-refractivity contribution in [3.63, 3.8) is 0 Å². The van der Waals surface area contributed by atoms with Gasteiger partial charge in [0.15, 0.2) is 11.4 Å². The zero-order valence-corrected chi connectivity index (χ0v) is 20.2. The van der Waals surface area contributed by atoms with E-state index < -0.39 is 0 Å². The fourth-order valence-corrected chi connectivity index (χ4v) is 4.86. The average molecular weight is 510 g/mol. The van der Waals surface area contributed by atoms with Gasteiger partial charge in [-0.2, -0.15) is 5.10 Å². The van der Waals surface area contributed by atoms with Crippen LogP contribution in [-0.2, 0) is 0 Å². The number of hydrogen-bond donors (Lipinski definition) is 1. The highest BCUT2D eigenvalue weighted by Gasteiger charge is 2.31. The minimum Gasteiger partial charge on any atom is -0.504 e. The van der Waals surface area contributed by atoms with Gasteiger partial charge in [-0.1, -0.05) is 59.6 Å². The number of piperidine rings is 1. The number of halogens is 3. The van der Waals surface area contributed by atoms with Crippen LogP contribution in [0.4, 0.5) is 4.39 Å². The highest BCUT2D eigenvalue weighted by molar-refractivity contribution is 6.32. The van der Waals surface area contributed by atoms with E-state index in [1.807, 2.05) is 6.07 Å². The van der Waals surface area contributed by atoms with Gasteiger partial charge in [-0.25, -0.2) is 9.07 Å². The number of likely N-dealkylation sites (tertiary alicyclic amines) is 1. The molecule has 4 aromatic rings. The van der Waals surface area contributed by atoms with Gasteiger partial charge in [-0.05, 0) is 60.7 Å². The molecule has 0 saturated carbocycles. The number of rotatable bonds is 4. The van der Waals surface area contributed by atoms with Crippen molar-refractivity contribution in [2.75, 3.05) is 13.1 Å². The first-order chi connectivity index (χ1) is 16.9. The number of para-hydroxylation sites is 1. The molecular formula is C27H22Cl2FN3O2. The lowest BCUT2D eigenvalue weighted by Crippen LogP contribution is -2.38. The molecule has 0 spiro atoms. The summed E-state index contributed by atoms with van der Waals surface area (Å²) >= 11 is 12.5. The van der Waals surface area contributed by atoms with E-state index in [-0.39, 0.29) is 29.1 Å². The number of aromatic hydroxyl groups is 1. The summed E-state index contributed by atoms with van der Waals surface area (Å²) in [4.78, 5) is 15.2. The molecule has 2 heterocycles. The van der Waals surface area contributed by atoms with E-state index in [2.05, 4.69) is 5.10 Å². The second-order valence-corrected chi connectivity index (χ2v) is 9.38. The molecule has 1 aromatic heterocycles. The van der Waals surface area contributed by atoms with Crippen LogP contribution in [0.5, 0.6) is 5.75 Å². The number of amides is 1. The summed E-state index contributed by atoms with van der Waals surface area (Å²) in [7, 11) is 0. The summed E-state index contributed by atoms with van der Waals surface area (Å²) in [6, 6.07) is 20.6. The Bertz CT molecular complexity index is 1360. The minimum atomic E-state index is -0.346. The third kappa shape index (κ3) is 4.64. The van der Waals surface area contributed by atoms with Crippen molar-refractivity contribution in [3.8, 4) is 22.7 Å². The lowest BCUT2D eigenvalue weighted by Gasteiger charge is -2.31. The lowest BCUT2D eigenvalue weighted by molar-refractivity contribution is 0.0703. The molecule has 3 aromatic carbocycles. The van der Waals surface area contributed by atoms with E-state index in [9.17, 15) is 14.3 Å². The molecule has 5 rings (SSSR count). The number of hydrogen-bond acceptors (Lipinski definition) is 3. The zero-order valence-electron chi connectivity index (χ0n) is 18.7. The molecule has 8 heteroatoms. The van der Waals surface area contributed by atoms with Crippen molar-refractivity contribution in [2.24, 2.45) is 0 Å². The average Bonchev–Trinajstić information content (AvgIpc) is 3.21. The van der Waals surface area contributed by atoms with Crippen molar-refractivity contribution in [2.45, 2.75) is 18.8 Å². The van der Waals surface area contributed by atoms with Crippen molar-refractivity contribution < 1.29 is 14.3 Å². The summed E-state index contributed by atoms with van der Waals surface area (Å²) < 4.78 is 14.8. The van der Waals surface area contributed by atoms with Gasteiger partial charge < -0.3 is 10.0 Å².